The molecular weight excluding hydrogens is 212 g/mol. The standard InChI is InChI=1S/C14H30N2O/c1-12(15-5)13(2,3)11-16-9-6-7-14(4,17)8-10-16/h12,15,17H,6-11H2,1-5H3. The van der Waals surface area contributed by atoms with E-state index in [4.69, 9.17) is 0 Å². The van der Waals surface area contributed by atoms with Gasteiger partial charge in [0.2, 0.25) is 0 Å². The van der Waals surface area contributed by atoms with Gasteiger partial charge in [0.25, 0.3) is 0 Å². The van der Waals surface area contributed by atoms with Gasteiger partial charge in [0, 0.05) is 19.1 Å². The van der Waals surface area contributed by atoms with Crippen molar-refractivity contribution in [3.05, 3.63) is 0 Å². The van der Waals surface area contributed by atoms with E-state index in [0.717, 1.165) is 38.9 Å². The average Bonchev–Trinajstić information content (AvgIpc) is 2.38. The van der Waals surface area contributed by atoms with E-state index in [1.54, 1.807) is 0 Å². The SMILES string of the molecule is CNC(C)C(C)(C)CN1CCCC(C)(O)CC1. The molecule has 3 heteroatoms. The van der Waals surface area contributed by atoms with Gasteiger partial charge in [0.1, 0.15) is 0 Å². The molecule has 1 saturated heterocycles. The van der Waals surface area contributed by atoms with Crippen molar-refractivity contribution >= 4 is 0 Å². The molecule has 2 unspecified atom stereocenters. The van der Waals surface area contributed by atoms with Crippen molar-refractivity contribution in [2.75, 3.05) is 26.7 Å². The number of hydrogen-bond donors (Lipinski definition) is 2. The summed E-state index contributed by atoms with van der Waals surface area (Å²) in [6, 6.07) is 0.506. The van der Waals surface area contributed by atoms with Crippen LogP contribution >= 0.6 is 0 Å². The van der Waals surface area contributed by atoms with Crippen LogP contribution in [0.1, 0.15) is 47.0 Å². The second-order valence-corrected chi connectivity index (χ2v) is 6.63. The van der Waals surface area contributed by atoms with Crippen LogP contribution in [0.5, 0.6) is 0 Å². The first-order valence-corrected chi connectivity index (χ1v) is 6.89. The molecule has 0 saturated carbocycles. The second kappa shape index (κ2) is 5.68. The van der Waals surface area contributed by atoms with Crippen molar-refractivity contribution in [3.63, 3.8) is 0 Å². The summed E-state index contributed by atoms with van der Waals surface area (Å²) in [5.74, 6) is 0. The summed E-state index contributed by atoms with van der Waals surface area (Å²) in [5, 5.41) is 13.4. The number of nitrogens with zero attached hydrogens (tertiary/aromatic N) is 1. The maximum absolute atomic E-state index is 10.1. The van der Waals surface area contributed by atoms with Crippen molar-refractivity contribution in [1.82, 2.24) is 10.2 Å². The van der Waals surface area contributed by atoms with E-state index in [-0.39, 0.29) is 5.41 Å². The van der Waals surface area contributed by atoms with Crippen LogP contribution in [-0.2, 0) is 0 Å². The van der Waals surface area contributed by atoms with Crippen molar-refractivity contribution in [3.8, 4) is 0 Å². The molecule has 2 N–H and O–H groups in total. The molecule has 1 heterocycles. The Morgan fingerprint density at radius 3 is 2.59 bits per heavy atom. The summed E-state index contributed by atoms with van der Waals surface area (Å²) in [4.78, 5) is 2.51. The quantitative estimate of drug-likeness (QED) is 0.790. The molecule has 1 aliphatic heterocycles. The van der Waals surface area contributed by atoms with Gasteiger partial charge in [0.15, 0.2) is 0 Å². The second-order valence-electron chi connectivity index (χ2n) is 6.63. The zero-order chi connectivity index (χ0) is 13.1. The molecule has 0 spiro atoms. The zero-order valence-corrected chi connectivity index (χ0v) is 12.2. The summed E-state index contributed by atoms with van der Waals surface area (Å²) in [6.07, 6.45) is 2.94. The smallest absolute Gasteiger partial charge is 0.0632 e. The van der Waals surface area contributed by atoms with Gasteiger partial charge < -0.3 is 15.3 Å². The number of nitrogens with one attached hydrogen (secondary N) is 1. The summed E-state index contributed by atoms with van der Waals surface area (Å²) < 4.78 is 0. The van der Waals surface area contributed by atoms with Gasteiger partial charge in [-0.2, -0.15) is 0 Å². The minimum absolute atomic E-state index is 0.269. The Morgan fingerprint density at radius 1 is 1.35 bits per heavy atom. The number of rotatable bonds is 4. The Morgan fingerprint density at radius 2 is 2.00 bits per heavy atom. The van der Waals surface area contributed by atoms with E-state index < -0.39 is 5.60 Å². The summed E-state index contributed by atoms with van der Waals surface area (Å²) >= 11 is 0. The monoisotopic (exact) mass is 242 g/mol. The molecule has 0 amide bonds. The summed E-state index contributed by atoms with van der Waals surface area (Å²) in [7, 11) is 2.03. The predicted octanol–water partition coefficient (Wildman–Crippen LogP) is 1.86. The normalized spacial score (nSPS) is 30.0. The Labute approximate surface area is 107 Å². The van der Waals surface area contributed by atoms with Crippen LogP contribution in [0.25, 0.3) is 0 Å². The van der Waals surface area contributed by atoms with Crippen molar-refractivity contribution in [2.45, 2.75) is 58.6 Å². The maximum atomic E-state index is 10.1. The fourth-order valence-corrected chi connectivity index (χ4v) is 2.58. The Hall–Kier alpha value is -0.120. The Bertz CT molecular complexity index is 238. The van der Waals surface area contributed by atoms with Gasteiger partial charge in [-0.3, -0.25) is 0 Å². The largest absolute Gasteiger partial charge is 0.390 e. The lowest BCUT2D eigenvalue weighted by atomic mass is 9.85. The lowest BCUT2D eigenvalue weighted by Crippen LogP contribution is -2.46. The topological polar surface area (TPSA) is 35.5 Å². The predicted molar refractivity (Wildman–Crippen MR) is 73.2 cm³/mol. The molecule has 0 aromatic carbocycles. The van der Waals surface area contributed by atoms with Crippen LogP contribution in [0.3, 0.4) is 0 Å². The van der Waals surface area contributed by atoms with Crippen LogP contribution in [0.15, 0.2) is 0 Å². The van der Waals surface area contributed by atoms with Crippen LogP contribution in [0.4, 0.5) is 0 Å². The molecule has 1 rings (SSSR count). The minimum atomic E-state index is -0.451. The molecule has 1 aliphatic rings. The van der Waals surface area contributed by atoms with E-state index in [1.165, 1.54) is 0 Å². The van der Waals surface area contributed by atoms with E-state index in [0.29, 0.717) is 6.04 Å². The molecule has 0 aromatic rings. The molecule has 17 heavy (non-hydrogen) atoms. The van der Waals surface area contributed by atoms with Crippen LogP contribution in [0, 0.1) is 5.41 Å². The third-order valence-electron chi connectivity index (χ3n) is 4.39. The molecule has 1 fully saturated rings. The first-order chi connectivity index (χ1) is 7.77. The van der Waals surface area contributed by atoms with E-state index in [1.807, 2.05) is 14.0 Å². The lowest BCUT2D eigenvalue weighted by Gasteiger charge is -2.36. The third kappa shape index (κ3) is 4.57. The highest BCUT2D eigenvalue weighted by Gasteiger charge is 2.30. The Kier molecular flexibility index (Phi) is 4.99. The fraction of sp³-hybridized carbons (Fsp3) is 1.00. The zero-order valence-electron chi connectivity index (χ0n) is 12.2. The fourth-order valence-electron chi connectivity index (χ4n) is 2.58. The molecule has 0 aromatic heterocycles. The Balaban J connectivity index is 2.52. The van der Waals surface area contributed by atoms with Crippen LogP contribution in [0.2, 0.25) is 0 Å². The van der Waals surface area contributed by atoms with Crippen LogP contribution < -0.4 is 5.32 Å². The molecule has 0 radical (unpaired) electrons. The van der Waals surface area contributed by atoms with Crippen molar-refractivity contribution < 1.29 is 5.11 Å². The number of likely N-dealkylation sites (tertiary alicyclic amines) is 1. The maximum Gasteiger partial charge on any atom is 0.0632 e. The highest BCUT2D eigenvalue weighted by Crippen LogP contribution is 2.26. The molecule has 2 atom stereocenters. The van der Waals surface area contributed by atoms with Gasteiger partial charge in [0.05, 0.1) is 5.60 Å². The lowest BCUT2D eigenvalue weighted by molar-refractivity contribution is 0.0427. The molecule has 0 bridgehead atoms. The van der Waals surface area contributed by atoms with Gasteiger partial charge in [-0.05, 0) is 52.1 Å². The summed E-state index contributed by atoms with van der Waals surface area (Å²) in [6.45, 7) is 12.1. The number of aliphatic hydroxyl groups is 1. The van der Waals surface area contributed by atoms with E-state index in [9.17, 15) is 5.11 Å². The van der Waals surface area contributed by atoms with Crippen molar-refractivity contribution in [1.29, 1.82) is 0 Å². The van der Waals surface area contributed by atoms with Gasteiger partial charge in [-0.25, -0.2) is 0 Å². The van der Waals surface area contributed by atoms with E-state index in [2.05, 4.69) is 31.0 Å². The van der Waals surface area contributed by atoms with Gasteiger partial charge in [-0.15, -0.1) is 0 Å². The molecule has 3 nitrogen and oxygen atoms in total. The van der Waals surface area contributed by atoms with Crippen LogP contribution in [-0.4, -0.2) is 48.3 Å². The average molecular weight is 242 g/mol. The molecular formula is C14H30N2O. The molecule has 0 aliphatic carbocycles. The van der Waals surface area contributed by atoms with Gasteiger partial charge in [-0.1, -0.05) is 13.8 Å². The third-order valence-corrected chi connectivity index (χ3v) is 4.39. The molecule has 102 valence electrons. The van der Waals surface area contributed by atoms with E-state index >= 15 is 0 Å². The summed E-state index contributed by atoms with van der Waals surface area (Å²) in [5.41, 5.74) is -0.182. The minimum Gasteiger partial charge on any atom is -0.390 e. The first-order valence-electron chi connectivity index (χ1n) is 6.89. The highest BCUT2D eigenvalue weighted by molar-refractivity contribution is 4.86. The number of hydrogen-bond acceptors (Lipinski definition) is 3. The highest BCUT2D eigenvalue weighted by atomic mass is 16.3. The first kappa shape index (κ1) is 14.9. The van der Waals surface area contributed by atoms with Crippen molar-refractivity contribution in [2.24, 2.45) is 5.41 Å². The van der Waals surface area contributed by atoms with Gasteiger partial charge >= 0.3 is 0 Å².